The summed E-state index contributed by atoms with van der Waals surface area (Å²) in [5.74, 6) is 0. The Kier molecular flexibility index (Phi) is 5.70. The SMILES string of the molecule is CSc1nccc(-c2cccc(CN3CCN(S(N)(=O)=O)CC3)c2)n1. The lowest BCUT2D eigenvalue weighted by atomic mass is 10.1. The zero-order valence-electron chi connectivity index (χ0n) is 14.0. The first-order chi connectivity index (χ1) is 12.0. The molecule has 25 heavy (non-hydrogen) atoms. The first-order valence-electron chi connectivity index (χ1n) is 7.92. The average molecular weight is 380 g/mol. The van der Waals surface area contributed by atoms with Crippen LogP contribution in [0.4, 0.5) is 0 Å². The van der Waals surface area contributed by atoms with Crippen LogP contribution in [0, 0.1) is 0 Å². The van der Waals surface area contributed by atoms with Gasteiger partial charge in [-0.15, -0.1) is 0 Å². The van der Waals surface area contributed by atoms with Crippen LogP contribution in [0.1, 0.15) is 5.56 Å². The van der Waals surface area contributed by atoms with Gasteiger partial charge >= 0.3 is 0 Å². The van der Waals surface area contributed by atoms with Gasteiger partial charge in [-0.25, -0.2) is 15.1 Å². The first kappa shape index (κ1) is 18.3. The summed E-state index contributed by atoms with van der Waals surface area (Å²) in [6.45, 7) is 2.98. The van der Waals surface area contributed by atoms with E-state index in [0.717, 1.165) is 23.0 Å². The number of aromatic nitrogens is 2. The summed E-state index contributed by atoms with van der Waals surface area (Å²) in [5, 5.41) is 5.93. The minimum atomic E-state index is -3.58. The van der Waals surface area contributed by atoms with Crippen molar-refractivity contribution >= 4 is 22.0 Å². The molecule has 2 aromatic rings. The predicted octanol–water partition coefficient (Wildman–Crippen LogP) is 1.19. The molecule has 1 saturated heterocycles. The van der Waals surface area contributed by atoms with Gasteiger partial charge in [-0.3, -0.25) is 4.90 Å². The van der Waals surface area contributed by atoms with Crippen molar-refractivity contribution in [3.8, 4) is 11.3 Å². The average Bonchev–Trinajstić information content (AvgIpc) is 2.62. The van der Waals surface area contributed by atoms with Crippen molar-refractivity contribution in [1.82, 2.24) is 19.2 Å². The fourth-order valence-electron chi connectivity index (χ4n) is 2.83. The second kappa shape index (κ2) is 7.79. The van der Waals surface area contributed by atoms with E-state index in [0.29, 0.717) is 26.2 Å². The molecule has 1 aliphatic heterocycles. The van der Waals surface area contributed by atoms with Crippen molar-refractivity contribution < 1.29 is 8.42 Å². The molecule has 0 aliphatic carbocycles. The summed E-state index contributed by atoms with van der Waals surface area (Å²) >= 11 is 1.52. The van der Waals surface area contributed by atoms with Crippen molar-refractivity contribution in [2.24, 2.45) is 5.14 Å². The van der Waals surface area contributed by atoms with Gasteiger partial charge < -0.3 is 0 Å². The van der Waals surface area contributed by atoms with Gasteiger partial charge in [0, 0.05) is 44.5 Å². The topological polar surface area (TPSA) is 92.4 Å². The number of hydrogen-bond donors (Lipinski definition) is 1. The second-order valence-electron chi connectivity index (χ2n) is 5.85. The Balaban J connectivity index is 1.68. The highest BCUT2D eigenvalue weighted by molar-refractivity contribution is 7.98. The molecular weight excluding hydrogens is 358 g/mol. The summed E-state index contributed by atoms with van der Waals surface area (Å²) in [6.07, 6.45) is 3.73. The molecule has 1 aromatic heterocycles. The molecule has 1 aromatic carbocycles. The molecular formula is C16H21N5O2S2. The number of rotatable bonds is 5. The summed E-state index contributed by atoms with van der Waals surface area (Å²) in [4.78, 5) is 11.0. The maximum atomic E-state index is 11.4. The molecule has 0 radical (unpaired) electrons. The Morgan fingerprint density at radius 2 is 1.96 bits per heavy atom. The van der Waals surface area contributed by atoms with Crippen molar-refractivity contribution in [1.29, 1.82) is 0 Å². The number of benzene rings is 1. The van der Waals surface area contributed by atoms with Crippen LogP contribution < -0.4 is 5.14 Å². The van der Waals surface area contributed by atoms with Crippen molar-refractivity contribution in [2.75, 3.05) is 32.4 Å². The monoisotopic (exact) mass is 379 g/mol. The molecule has 2 heterocycles. The van der Waals surface area contributed by atoms with Gasteiger partial charge in [0.1, 0.15) is 0 Å². The fraction of sp³-hybridized carbons (Fsp3) is 0.375. The van der Waals surface area contributed by atoms with Crippen LogP contribution in [0.25, 0.3) is 11.3 Å². The van der Waals surface area contributed by atoms with E-state index >= 15 is 0 Å². The zero-order valence-corrected chi connectivity index (χ0v) is 15.6. The third kappa shape index (κ3) is 4.77. The summed E-state index contributed by atoms with van der Waals surface area (Å²) < 4.78 is 24.1. The molecule has 0 amide bonds. The molecule has 2 N–H and O–H groups in total. The highest BCUT2D eigenvalue weighted by Crippen LogP contribution is 2.21. The maximum Gasteiger partial charge on any atom is 0.276 e. The largest absolute Gasteiger partial charge is 0.296 e. The fourth-order valence-corrected chi connectivity index (χ4v) is 3.86. The molecule has 1 aliphatic rings. The first-order valence-corrected chi connectivity index (χ1v) is 10.6. The lowest BCUT2D eigenvalue weighted by molar-refractivity contribution is 0.181. The molecule has 9 heteroatoms. The number of nitrogens with zero attached hydrogens (tertiary/aromatic N) is 4. The van der Waals surface area contributed by atoms with E-state index in [9.17, 15) is 8.42 Å². The highest BCUT2D eigenvalue weighted by Gasteiger charge is 2.23. The molecule has 1 fully saturated rings. The predicted molar refractivity (Wildman–Crippen MR) is 99.2 cm³/mol. The molecule has 0 unspecified atom stereocenters. The molecule has 0 bridgehead atoms. The van der Waals surface area contributed by atoms with E-state index in [1.807, 2.05) is 24.5 Å². The normalized spacial score (nSPS) is 16.9. The maximum absolute atomic E-state index is 11.4. The molecule has 134 valence electrons. The van der Waals surface area contributed by atoms with Crippen molar-refractivity contribution in [3.05, 3.63) is 42.1 Å². The van der Waals surface area contributed by atoms with Gasteiger partial charge in [0.15, 0.2) is 5.16 Å². The van der Waals surface area contributed by atoms with Gasteiger partial charge in [-0.2, -0.15) is 12.7 Å². The van der Waals surface area contributed by atoms with E-state index in [-0.39, 0.29) is 0 Å². The third-order valence-electron chi connectivity index (χ3n) is 4.14. The summed E-state index contributed by atoms with van der Waals surface area (Å²) in [6, 6.07) is 10.2. The molecule has 3 rings (SSSR count). The van der Waals surface area contributed by atoms with Gasteiger partial charge in [0.25, 0.3) is 10.2 Å². The van der Waals surface area contributed by atoms with Crippen molar-refractivity contribution in [2.45, 2.75) is 11.7 Å². The van der Waals surface area contributed by atoms with Crippen LogP contribution in [-0.2, 0) is 16.8 Å². The van der Waals surface area contributed by atoms with Crippen LogP contribution in [0.3, 0.4) is 0 Å². The standard InChI is InChI=1S/C16H21N5O2S2/c1-24-16-18-6-5-15(19-16)14-4-2-3-13(11-14)12-20-7-9-21(10-8-20)25(17,22)23/h2-6,11H,7-10,12H2,1H3,(H2,17,22,23). The van der Waals surface area contributed by atoms with Gasteiger partial charge in [-0.05, 0) is 24.0 Å². The number of hydrogen-bond acceptors (Lipinski definition) is 6. The van der Waals surface area contributed by atoms with Crippen LogP contribution in [0.5, 0.6) is 0 Å². The lowest BCUT2D eigenvalue weighted by Gasteiger charge is -2.32. The molecule has 0 saturated carbocycles. The quantitative estimate of drug-likeness (QED) is 0.620. The van der Waals surface area contributed by atoms with E-state index in [1.165, 1.54) is 21.6 Å². The number of nitrogens with two attached hydrogens (primary N) is 1. The van der Waals surface area contributed by atoms with Crippen LogP contribution in [0.15, 0.2) is 41.7 Å². The summed E-state index contributed by atoms with van der Waals surface area (Å²) in [7, 11) is -3.58. The Morgan fingerprint density at radius 3 is 2.64 bits per heavy atom. The molecule has 0 spiro atoms. The van der Waals surface area contributed by atoms with Gasteiger partial charge in [0.05, 0.1) is 5.69 Å². The van der Waals surface area contributed by atoms with E-state index in [2.05, 4.69) is 27.0 Å². The van der Waals surface area contributed by atoms with Gasteiger partial charge in [-0.1, -0.05) is 30.0 Å². The van der Waals surface area contributed by atoms with Crippen LogP contribution in [-0.4, -0.2) is 60.0 Å². The van der Waals surface area contributed by atoms with Crippen LogP contribution >= 0.6 is 11.8 Å². The van der Waals surface area contributed by atoms with E-state index in [1.54, 1.807) is 6.20 Å². The smallest absolute Gasteiger partial charge is 0.276 e. The Morgan fingerprint density at radius 1 is 1.20 bits per heavy atom. The molecule has 7 nitrogen and oxygen atoms in total. The summed E-state index contributed by atoms with van der Waals surface area (Å²) in [5.41, 5.74) is 3.13. The Labute approximate surface area is 152 Å². The second-order valence-corrected chi connectivity index (χ2v) is 8.17. The minimum absolute atomic E-state index is 0.432. The number of thioether (sulfide) groups is 1. The van der Waals surface area contributed by atoms with E-state index in [4.69, 9.17) is 5.14 Å². The minimum Gasteiger partial charge on any atom is -0.296 e. The van der Waals surface area contributed by atoms with Crippen LogP contribution in [0.2, 0.25) is 0 Å². The third-order valence-corrected chi connectivity index (χ3v) is 5.78. The lowest BCUT2D eigenvalue weighted by Crippen LogP contribution is -2.50. The van der Waals surface area contributed by atoms with Gasteiger partial charge in [0.2, 0.25) is 0 Å². The number of piperazine rings is 1. The Bertz CT molecular complexity index is 836. The molecule has 0 atom stereocenters. The van der Waals surface area contributed by atoms with Crippen molar-refractivity contribution in [3.63, 3.8) is 0 Å². The highest BCUT2D eigenvalue weighted by atomic mass is 32.2. The Hall–Kier alpha value is -1.52. The van der Waals surface area contributed by atoms with E-state index < -0.39 is 10.2 Å². The zero-order chi connectivity index (χ0) is 17.9.